The van der Waals surface area contributed by atoms with Gasteiger partial charge >= 0.3 is 0 Å². The van der Waals surface area contributed by atoms with Crippen LogP contribution in [0, 0.1) is 13.0 Å². The summed E-state index contributed by atoms with van der Waals surface area (Å²) in [6, 6.07) is 4.05. The Morgan fingerprint density at radius 3 is 3.15 bits per heavy atom. The highest BCUT2D eigenvalue weighted by atomic mass is 14.9. The molecule has 1 radical (unpaired) electrons. The second kappa shape index (κ2) is 3.44. The Hall–Kier alpha value is -1.57. The van der Waals surface area contributed by atoms with Crippen molar-refractivity contribution in [3.63, 3.8) is 0 Å². The van der Waals surface area contributed by atoms with Gasteiger partial charge in [0.15, 0.2) is 0 Å². The van der Waals surface area contributed by atoms with E-state index in [0.29, 0.717) is 0 Å². The Morgan fingerprint density at radius 2 is 2.46 bits per heavy atom. The molecule has 1 aliphatic heterocycles. The highest BCUT2D eigenvalue weighted by Crippen LogP contribution is 2.11. The van der Waals surface area contributed by atoms with Crippen molar-refractivity contribution < 1.29 is 0 Å². The molecule has 0 spiro atoms. The van der Waals surface area contributed by atoms with Crippen molar-refractivity contribution in [1.29, 1.82) is 0 Å². The minimum Gasteiger partial charge on any atom is -0.380 e. The monoisotopic (exact) mass is 171 g/mol. The van der Waals surface area contributed by atoms with Crippen LogP contribution in [0.2, 0.25) is 0 Å². The van der Waals surface area contributed by atoms with Gasteiger partial charge in [-0.3, -0.25) is 4.98 Å². The predicted octanol–water partition coefficient (Wildman–Crippen LogP) is 1.69. The van der Waals surface area contributed by atoms with Gasteiger partial charge in [-0.25, -0.2) is 0 Å². The van der Waals surface area contributed by atoms with Crippen LogP contribution in [-0.2, 0) is 0 Å². The van der Waals surface area contributed by atoms with Crippen molar-refractivity contribution in [3.8, 4) is 0 Å². The lowest BCUT2D eigenvalue weighted by Gasteiger charge is -2.10. The van der Waals surface area contributed by atoms with Crippen molar-refractivity contribution >= 4 is 5.70 Å². The number of pyridine rings is 1. The summed E-state index contributed by atoms with van der Waals surface area (Å²) in [4.78, 5) is 4.28. The smallest absolute Gasteiger partial charge is 0.0863 e. The summed E-state index contributed by atoms with van der Waals surface area (Å²) in [7, 11) is 0. The summed E-state index contributed by atoms with van der Waals surface area (Å²) in [5.41, 5.74) is 3.26. The molecule has 1 aromatic heterocycles. The normalized spacial score (nSPS) is 15.0. The highest BCUT2D eigenvalue weighted by Gasteiger charge is 2.02. The summed E-state index contributed by atoms with van der Waals surface area (Å²) in [5, 5.41) is 3.24. The van der Waals surface area contributed by atoms with E-state index in [1.165, 1.54) is 5.56 Å². The molecule has 0 aliphatic carbocycles. The molecule has 1 aromatic rings. The minimum absolute atomic E-state index is 0.835. The third-order valence-corrected chi connectivity index (χ3v) is 1.93. The van der Waals surface area contributed by atoms with E-state index in [-0.39, 0.29) is 0 Å². The van der Waals surface area contributed by atoms with Crippen molar-refractivity contribution in [2.45, 2.75) is 6.92 Å². The van der Waals surface area contributed by atoms with Crippen LogP contribution < -0.4 is 5.32 Å². The van der Waals surface area contributed by atoms with Gasteiger partial charge < -0.3 is 5.32 Å². The molecule has 2 rings (SSSR count). The van der Waals surface area contributed by atoms with E-state index in [1.807, 2.05) is 24.4 Å². The first kappa shape index (κ1) is 8.05. The van der Waals surface area contributed by atoms with Crippen molar-refractivity contribution in [2.24, 2.45) is 0 Å². The van der Waals surface area contributed by atoms with Gasteiger partial charge in [-0.1, -0.05) is 6.08 Å². The number of allylic oxidation sites excluding steroid dienone is 2. The molecule has 0 unspecified atom stereocenters. The lowest BCUT2D eigenvalue weighted by molar-refractivity contribution is 0.976. The molecule has 0 fully saturated rings. The molecule has 13 heavy (non-hydrogen) atoms. The van der Waals surface area contributed by atoms with Gasteiger partial charge in [-0.2, -0.15) is 0 Å². The fourth-order valence-corrected chi connectivity index (χ4v) is 1.26. The zero-order valence-electron chi connectivity index (χ0n) is 7.54. The Morgan fingerprint density at radius 1 is 1.54 bits per heavy atom. The van der Waals surface area contributed by atoms with Crippen molar-refractivity contribution in [1.82, 2.24) is 10.3 Å². The van der Waals surface area contributed by atoms with Gasteiger partial charge in [0.25, 0.3) is 0 Å². The number of nitrogens with zero attached hydrogens (tertiary/aromatic N) is 1. The van der Waals surface area contributed by atoms with Gasteiger partial charge in [-0.15, -0.1) is 0 Å². The fourth-order valence-electron chi connectivity index (χ4n) is 1.26. The molecule has 0 saturated carbocycles. The zero-order chi connectivity index (χ0) is 9.10. The van der Waals surface area contributed by atoms with Crippen LogP contribution >= 0.6 is 0 Å². The summed E-state index contributed by atoms with van der Waals surface area (Å²) < 4.78 is 0. The van der Waals surface area contributed by atoms with Crippen LogP contribution in [0.15, 0.2) is 30.5 Å². The molecule has 0 bridgehead atoms. The number of aryl methyl sites for hydroxylation is 1. The minimum atomic E-state index is 0.835. The standard InChI is InChI=1S/C11H11N2/c1-9-5-7-13-11(8-9)10-4-2-3-6-12-10/h3-5,7-8,12H,6H2,1H3. The van der Waals surface area contributed by atoms with E-state index in [2.05, 4.69) is 29.4 Å². The van der Waals surface area contributed by atoms with E-state index in [9.17, 15) is 0 Å². The van der Waals surface area contributed by atoms with Crippen LogP contribution in [0.5, 0.6) is 0 Å². The van der Waals surface area contributed by atoms with Gasteiger partial charge in [0.1, 0.15) is 0 Å². The summed E-state index contributed by atoms with van der Waals surface area (Å²) in [6.45, 7) is 2.90. The van der Waals surface area contributed by atoms with Crippen LogP contribution in [-0.4, -0.2) is 11.5 Å². The first-order valence-corrected chi connectivity index (χ1v) is 4.31. The molecule has 2 nitrogen and oxygen atoms in total. The highest BCUT2D eigenvalue weighted by molar-refractivity contribution is 5.63. The summed E-state index contributed by atoms with van der Waals surface area (Å²) in [6.07, 6.45) is 8.77. The molecule has 0 amide bonds. The average Bonchev–Trinajstić information content (AvgIpc) is 2.19. The lowest BCUT2D eigenvalue weighted by atomic mass is 10.2. The molecule has 1 aliphatic rings. The molecule has 0 aromatic carbocycles. The van der Waals surface area contributed by atoms with E-state index in [4.69, 9.17) is 0 Å². The summed E-state index contributed by atoms with van der Waals surface area (Å²) >= 11 is 0. The average molecular weight is 171 g/mol. The zero-order valence-corrected chi connectivity index (χ0v) is 7.54. The fraction of sp³-hybridized carbons (Fsp3) is 0.182. The van der Waals surface area contributed by atoms with E-state index in [1.54, 1.807) is 0 Å². The Bertz CT molecular complexity index is 364. The molecule has 1 N–H and O–H groups in total. The topological polar surface area (TPSA) is 24.9 Å². The second-order valence-electron chi connectivity index (χ2n) is 3.03. The van der Waals surface area contributed by atoms with Crippen molar-refractivity contribution in [2.75, 3.05) is 6.54 Å². The van der Waals surface area contributed by atoms with Gasteiger partial charge in [0.05, 0.1) is 11.4 Å². The van der Waals surface area contributed by atoms with Crippen LogP contribution in [0.1, 0.15) is 11.3 Å². The molecule has 0 atom stereocenters. The van der Waals surface area contributed by atoms with E-state index < -0.39 is 0 Å². The number of hydrogen-bond donors (Lipinski definition) is 1. The molecule has 0 saturated heterocycles. The van der Waals surface area contributed by atoms with Crippen molar-refractivity contribution in [3.05, 3.63) is 47.8 Å². The Kier molecular flexibility index (Phi) is 2.13. The maximum absolute atomic E-state index is 4.28. The maximum atomic E-state index is 4.28. The van der Waals surface area contributed by atoms with E-state index >= 15 is 0 Å². The van der Waals surface area contributed by atoms with Gasteiger partial charge in [-0.05, 0) is 36.8 Å². The number of aromatic nitrogens is 1. The number of rotatable bonds is 1. The first-order chi connectivity index (χ1) is 6.36. The summed E-state index contributed by atoms with van der Waals surface area (Å²) in [5.74, 6) is 0. The lowest BCUT2D eigenvalue weighted by Crippen LogP contribution is -2.15. The van der Waals surface area contributed by atoms with Crippen LogP contribution in [0.25, 0.3) is 5.70 Å². The van der Waals surface area contributed by atoms with Gasteiger partial charge in [0.2, 0.25) is 0 Å². The molecule has 65 valence electrons. The van der Waals surface area contributed by atoms with Gasteiger partial charge in [0, 0.05) is 12.7 Å². The van der Waals surface area contributed by atoms with Crippen LogP contribution in [0.4, 0.5) is 0 Å². The second-order valence-corrected chi connectivity index (χ2v) is 3.03. The Labute approximate surface area is 78.0 Å². The number of hydrogen-bond acceptors (Lipinski definition) is 2. The van der Waals surface area contributed by atoms with Crippen LogP contribution in [0.3, 0.4) is 0 Å². The molecular weight excluding hydrogens is 160 g/mol. The largest absolute Gasteiger partial charge is 0.380 e. The predicted molar refractivity (Wildman–Crippen MR) is 52.8 cm³/mol. The third kappa shape index (κ3) is 1.78. The maximum Gasteiger partial charge on any atom is 0.0863 e. The quantitative estimate of drug-likeness (QED) is 0.695. The molecular formula is C11H11N2. The first-order valence-electron chi connectivity index (χ1n) is 4.31. The Balaban J connectivity index is 2.34. The SMILES string of the molecule is Cc1ccnc(C2=C[C]=CCN2)c1. The molecule has 2 heteroatoms. The number of dihydropyridines is 1. The third-order valence-electron chi connectivity index (χ3n) is 1.93. The number of nitrogens with one attached hydrogen (secondary N) is 1. The molecule has 2 heterocycles. The van der Waals surface area contributed by atoms with E-state index in [0.717, 1.165) is 17.9 Å².